The number of carbonyl (C=O) groups is 1. The van der Waals surface area contributed by atoms with Crippen molar-refractivity contribution in [1.82, 2.24) is 4.90 Å². The van der Waals surface area contributed by atoms with Gasteiger partial charge in [-0.1, -0.05) is 0 Å². The number of carbonyl (C=O) groups excluding carboxylic acids is 1. The summed E-state index contributed by atoms with van der Waals surface area (Å²) in [4.78, 5) is 11.3. The molecule has 0 radical (unpaired) electrons. The minimum atomic E-state index is -0.0509. The van der Waals surface area contributed by atoms with Crippen molar-refractivity contribution in [2.45, 2.75) is 19.4 Å². The Morgan fingerprint density at radius 1 is 1.75 bits per heavy atom. The van der Waals surface area contributed by atoms with Gasteiger partial charge in [0.1, 0.15) is 0 Å². The summed E-state index contributed by atoms with van der Waals surface area (Å²) in [5, 5.41) is 8.86. The third kappa shape index (κ3) is 6.12. The van der Waals surface area contributed by atoms with Gasteiger partial charge in [0.15, 0.2) is 0 Å². The van der Waals surface area contributed by atoms with Crippen LogP contribution in [0.5, 0.6) is 0 Å². The summed E-state index contributed by atoms with van der Waals surface area (Å²) >= 11 is 0. The lowest BCUT2D eigenvalue weighted by molar-refractivity contribution is -0.128. The average Bonchev–Trinajstić information content (AvgIpc) is 2.38. The summed E-state index contributed by atoms with van der Waals surface area (Å²) in [6.45, 7) is 4.58. The lowest BCUT2D eigenvalue weighted by Crippen LogP contribution is -2.15. The smallest absolute Gasteiger partial charge is 0.293 e. The molecule has 1 heterocycles. The Morgan fingerprint density at radius 3 is 2.50 bits per heavy atom. The molecule has 0 amide bonds. The van der Waals surface area contributed by atoms with Gasteiger partial charge in [0.25, 0.3) is 6.47 Å². The van der Waals surface area contributed by atoms with Gasteiger partial charge in [0, 0.05) is 13.1 Å². The van der Waals surface area contributed by atoms with E-state index in [2.05, 4.69) is 9.64 Å². The van der Waals surface area contributed by atoms with Crippen LogP contribution in [0.1, 0.15) is 13.3 Å². The van der Waals surface area contributed by atoms with Crippen molar-refractivity contribution in [3.8, 4) is 0 Å². The fraction of sp³-hybridized carbons (Fsp3) is 0.875. The molecule has 1 N–H and O–H groups in total. The second kappa shape index (κ2) is 7.06. The van der Waals surface area contributed by atoms with Gasteiger partial charge in [-0.3, -0.25) is 4.79 Å². The number of likely N-dealkylation sites (tertiary alicyclic amines) is 1. The average molecular weight is 175 g/mol. The lowest BCUT2D eigenvalue weighted by atomic mass is 10.3. The van der Waals surface area contributed by atoms with Crippen LogP contribution in [0.3, 0.4) is 0 Å². The molecule has 1 rings (SSSR count). The second-order valence-electron chi connectivity index (χ2n) is 2.76. The largest absolute Gasteiger partial charge is 0.468 e. The van der Waals surface area contributed by atoms with Gasteiger partial charge in [-0.2, -0.15) is 0 Å². The quantitative estimate of drug-likeness (QED) is 0.594. The maximum atomic E-state index is 9.18. The molecule has 0 saturated carbocycles. The molecule has 0 bridgehead atoms. The standard InChI is InChI=1S/C5H11NO.C3H6O2/c1-6-3-2-5(7)4-6;1-2-5-3-4/h5,7H,2-4H2,1H3;3H,2H2,1H3. The first kappa shape index (κ1) is 11.4. The van der Waals surface area contributed by atoms with Crippen molar-refractivity contribution in [3.05, 3.63) is 0 Å². The summed E-state index contributed by atoms with van der Waals surface area (Å²) in [6, 6.07) is 0. The van der Waals surface area contributed by atoms with Crippen molar-refractivity contribution in [2.24, 2.45) is 0 Å². The molecule has 4 nitrogen and oxygen atoms in total. The number of aliphatic hydroxyl groups is 1. The van der Waals surface area contributed by atoms with Gasteiger partial charge < -0.3 is 14.7 Å². The van der Waals surface area contributed by atoms with Crippen LogP contribution in [0, 0.1) is 0 Å². The molecule has 0 aromatic carbocycles. The topological polar surface area (TPSA) is 49.8 Å². The number of likely N-dealkylation sites (N-methyl/N-ethyl adjacent to an activating group) is 1. The van der Waals surface area contributed by atoms with Gasteiger partial charge in [0.2, 0.25) is 0 Å². The number of nitrogens with zero attached hydrogens (tertiary/aromatic N) is 1. The van der Waals surface area contributed by atoms with Crippen LogP contribution in [0.2, 0.25) is 0 Å². The molecular formula is C8H17NO3. The Bertz CT molecular complexity index is 111. The number of rotatable bonds is 2. The van der Waals surface area contributed by atoms with Crippen LogP contribution in [0.15, 0.2) is 0 Å². The maximum absolute atomic E-state index is 9.18. The molecule has 1 unspecified atom stereocenters. The van der Waals surface area contributed by atoms with Crippen molar-refractivity contribution >= 4 is 6.47 Å². The van der Waals surface area contributed by atoms with Crippen LogP contribution >= 0.6 is 0 Å². The maximum Gasteiger partial charge on any atom is 0.293 e. The Hall–Kier alpha value is -0.610. The molecule has 12 heavy (non-hydrogen) atoms. The number of ether oxygens (including phenoxy) is 1. The van der Waals surface area contributed by atoms with E-state index in [1.54, 1.807) is 6.92 Å². The fourth-order valence-electron chi connectivity index (χ4n) is 0.980. The van der Waals surface area contributed by atoms with Gasteiger partial charge in [-0.25, -0.2) is 0 Å². The number of hydrogen-bond acceptors (Lipinski definition) is 4. The van der Waals surface area contributed by atoms with E-state index < -0.39 is 0 Å². The molecule has 1 fully saturated rings. The molecule has 1 aliphatic heterocycles. The zero-order valence-electron chi connectivity index (χ0n) is 7.69. The Morgan fingerprint density at radius 2 is 2.42 bits per heavy atom. The first-order valence-electron chi connectivity index (χ1n) is 4.12. The molecule has 0 aromatic heterocycles. The predicted molar refractivity (Wildman–Crippen MR) is 45.8 cm³/mol. The van der Waals surface area contributed by atoms with E-state index in [0.717, 1.165) is 19.5 Å². The van der Waals surface area contributed by atoms with Crippen LogP contribution < -0.4 is 0 Å². The molecule has 0 aliphatic carbocycles. The molecular weight excluding hydrogens is 158 g/mol. The third-order valence-corrected chi connectivity index (χ3v) is 1.60. The summed E-state index contributed by atoms with van der Waals surface area (Å²) in [5.41, 5.74) is 0. The molecule has 4 heteroatoms. The number of aliphatic hydroxyl groups excluding tert-OH is 1. The van der Waals surface area contributed by atoms with Gasteiger partial charge in [-0.15, -0.1) is 0 Å². The first-order valence-corrected chi connectivity index (χ1v) is 4.12. The van der Waals surface area contributed by atoms with E-state index >= 15 is 0 Å². The fourth-order valence-corrected chi connectivity index (χ4v) is 0.980. The Kier molecular flexibility index (Phi) is 6.70. The van der Waals surface area contributed by atoms with E-state index in [1.165, 1.54) is 0 Å². The number of β-amino-alcohol motifs (C(OH)–C–C–N with tert-alkyl or cyclic N) is 1. The summed E-state index contributed by atoms with van der Waals surface area (Å²) in [6.07, 6.45) is 0.904. The predicted octanol–water partition coefficient (Wildman–Crippen LogP) is -0.138. The highest BCUT2D eigenvalue weighted by Gasteiger charge is 2.14. The van der Waals surface area contributed by atoms with Crippen LogP contribution in [0.25, 0.3) is 0 Å². The molecule has 1 aliphatic rings. The molecule has 0 spiro atoms. The van der Waals surface area contributed by atoms with Crippen LogP contribution in [0.4, 0.5) is 0 Å². The van der Waals surface area contributed by atoms with Crippen molar-refractivity contribution in [2.75, 3.05) is 26.7 Å². The molecule has 72 valence electrons. The lowest BCUT2D eigenvalue weighted by Gasteiger charge is -2.02. The van der Waals surface area contributed by atoms with E-state index in [4.69, 9.17) is 5.11 Å². The zero-order valence-corrected chi connectivity index (χ0v) is 7.69. The monoisotopic (exact) mass is 175 g/mol. The van der Waals surface area contributed by atoms with E-state index in [1.807, 2.05) is 7.05 Å². The molecule has 1 atom stereocenters. The minimum Gasteiger partial charge on any atom is -0.468 e. The third-order valence-electron chi connectivity index (χ3n) is 1.60. The number of hydrogen-bond donors (Lipinski definition) is 1. The van der Waals surface area contributed by atoms with Crippen molar-refractivity contribution < 1.29 is 14.6 Å². The van der Waals surface area contributed by atoms with Crippen LogP contribution in [-0.4, -0.2) is 49.3 Å². The Balaban J connectivity index is 0.000000217. The molecule has 0 aromatic rings. The minimum absolute atomic E-state index is 0.0509. The SMILES string of the molecule is CCOC=O.CN1CCC(O)C1. The van der Waals surface area contributed by atoms with Gasteiger partial charge in [-0.05, 0) is 20.4 Å². The van der Waals surface area contributed by atoms with E-state index in [9.17, 15) is 4.79 Å². The highest BCUT2D eigenvalue weighted by Crippen LogP contribution is 2.03. The highest BCUT2D eigenvalue weighted by atomic mass is 16.5. The van der Waals surface area contributed by atoms with E-state index in [-0.39, 0.29) is 6.10 Å². The first-order chi connectivity index (χ1) is 5.70. The van der Waals surface area contributed by atoms with Crippen molar-refractivity contribution in [3.63, 3.8) is 0 Å². The normalized spacial score (nSPS) is 22.8. The Labute approximate surface area is 73.1 Å². The highest BCUT2D eigenvalue weighted by molar-refractivity contribution is 5.36. The summed E-state index contributed by atoms with van der Waals surface area (Å²) in [7, 11) is 2.02. The zero-order chi connectivity index (χ0) is 9.40. The second-order valence-corrected chi connectivity index (χ2v) is 2.76. The van der Waals surface area contributed by atoms with Gasteiger partial charge >= 0.3 is 0 Å². The van der Waals surface area contributed by atoms with Crippen LogP contribution in [-0.2, 0) is 9.53 Å². The van der Waals surface area contributed by atoms with Gasteiger partial charge in [0.05, 0.1) is 12.7 Å². The van der Waals surface area contributed by atoms with E-state index in [0.29, 0.717) is 13.1 Å². The van der Waals surface area contributed by atoms with Crippen molar-refractivity contribution in [1.29, 1.82) is 0 Å². The summed E-state index contributed by atoms with van der Waals surface area (Å²) < 4.78 is 4.15. The summed E-state index contributed by atoms with van der Waals surface area (Å²) in [5.74, 6) is 0. The molecule has 1 saturated heterocycles.